The Morgan fingerprint density at radius 3 is 2.58 bits per heavy atom. The number of anilines is 1. The van der Waals surface area contributed by atoms with Gasteiger partial charge in [0.2, 0.25) is 0 Å². The molecule has 0 bridgehead atoms. The Hall–Kier alpha value is -2.54. The maximum absolute atomic E-state index is 12.0. The number of ether oxygens (including phenoxy) is 3. The predicted octanol–water partition coefficient (Wildman–Crippen LogP) is 3.26. The molecule has 0 atom stereocenters. The van der Waals surface area contributed by atoms with Crippen LogP contribution in [-0.4, -0.2) is 32.2 Å². The molecule has 24 heavy (non-hydrogen) atoms. The average molecular weight is 349 g/mol. The zero-order valence-corrected chi connectivity index (χ0v) is 14.6. The third-order valence-corrected chi connectivity index (χ3v) is 4.20. The summed E-state index contributed by atoms with van der Waals surface area (Å²) in [5.41, 5.74) is 0.763. The minimum Gasteiger partial charge on any atom is -0.493 e. The van der Waals surface area contributed by atoms with E-state index >= 15 is 0 Å². The second kappa shape index (κ2) is 8.35. The van der Waals surface area contributed by atoms with Crippen molar-refractivity contribution < 1.29 is 23.8 Å². The lowest BCUT2D eigenvalue weighted by Crippen LogP contribution is -2.19. The van der Waals surface area contributed by atoms with Crippen LogP contribution in [0.1, 0.15) is 22.2 Å². The molecule has 0 saturated heterocycles. The van der Waals surface area contributed by atoms with E-state index in [1.165, 1.54) is 18.4 Å². The van der Waals surface area contributed by atoms with Gasteiger partial charge >= 0.3 is 5.97 Å². The topological polar surface area (TPSA) is 73.9 Å². The summed E-state index contributed by atoms with van der Waals surface area (Å²) in [6.07, 6.45) is 0. The summed E-state index contributed by atoms with van der Waals surface area (Å²) in [7, 11) is 1.54. The molecule has 1 aromatic heterocycles. The molecule has 1 aromatic carbocycles. The highest BCUT2D eigenvalue weighted by molar-refractivity contribution is 7.18. The van der Waals surface area contributed by atoms with Crippen molar-refractivity contribution in [1.29, 1.82) is 0 Å². The Kier molecular flexibility index (Phi) is 6.20. The summed E-state index contributed by atoms with van der Waals surface area (Å²) < 4.78 is 15.6. The summed E-state index contributed by atoms with van der Waals surface area (Å²) in [6.45, 7) is 3.69. The number of thiophene rings is 1. The van der Waals surface area contributed by atoms with Crippen molar-refractivity contribution in [2.24, 2.45) is 0 Å². The molecule has 6 nitrogen and oxygen atoms in total. The third kappa shape index (κ3) is 4.48. The number of esters is 1. The monoisotopic (exact) mass is 349 g/mol. The maximum atomic E-state index is 12.0. The summed E-state index contributed by atoms with van der Waals surface area (Å²) in [4.78, 5) is 24.3. The van der Waals surface area contributed by atoms with Gasteiger partial charge in [-0.05, 0) is 37.6 Å². The number of para-hydroxylation sites is 2. The van der Waals surface area contributed by atoms with Crippen LogP contribution in [0.3, 0.4) is 0 Å². The molecule has 2 aromatic rings. The number of aryl methyl sites for hydroxylation is 1. The van der Waals surface area contributed by atoms with Crippen LogP contribution in [0, 0.1) is 6.92 Å². The van der Waals surface area contributed by atoms with Crippen molar-refractivity contribution in [2.75, 3.05) is 25.6 Å². The average Bonchev–Trinajstić information content (AvgIpc) is 2.93. The first kappa shape index (κ1) is 17.8. The lowest BCUT2D eigenvalue weighted by Gasteiger charge is -2.09. The van der Waals surface area contributed by atoms with E-state index < -0.39 is 0 Å². The second-order valence-corrected chi connectivity index (χ2v) is 5.88. The van der Waals surface area contributed by atoms with Gasteiger partial charge in [-0.15, -0.1) is 11.3 Å². The largest absolute Gasteiger partial charge is 0.493 e. The highest BCUT2D eigenvalue weighted by Crippen LogP contribution is 2.28. The van der Waals surface area contributed by atoms with Gasteiger partial charge in [-0.1, -0.05) is 12.1 Å². The van der Waals surface area contributed by atoms with E-state index in [9.17, 15) is 9.59 Å². The van der Waals surface area contributed by atoms with Crippen LogP contribution in [0.4, 0.5) is 5.00 Å². The van der Waals surface area contributed by atoms with Gasteiger partial charge in [-0.3, -0.25) is 4.79 Å². The first-order chi connectivity index (χ1) is 11.5. The Morgan fingerprint density at radius 2 is 1.92 bits per heavy atom. The van der Waals surface area contributed by atoms with Crippen LogP contribution >= 0.6 is 11.3 Å². The third-order valence-electron chi connectivity index (χ3n) is 3.07. The minimum atomic E-state index is -0.384. The van der Waals surface area contributed by atoms with Gasteiger partial charge in [-0.25, -0.2) is 4.79 Å². The first-order valence-electron chi connectivity index (χ1n) is 7.38. The number of benzene rings is 1. The lowest BCUT2D eigenvalue weighted by atomic mass is 10.3. The molecule has 1 N–H and O–H groups in total. The summed E-state index contributed by atoms with van der Waals surface area (Å²) in [5.74, 6) is 0.343. The molecule has 0 fully saturated rings. The van der Waals surface area contributed by atoms with E-state index in [2.05, 4.69) is 5.32 Å². The Balaban J connectivity index is 1.95. The van der Waals surface area contributed by atoms with Crippen molar-refractivity contribution in [3.8, 4) is 11.5 Å². The molecule has 0 aliphatic carbocycles. The van der Waals surface area contributed by atoms with Gasteiger partial charge in [0.25, 0.3) is 5.91 Å². The number of carbonyl (C=O) groups excluding carboxylic acids is 2. The number of nitrogens with one attached hydrogen (secondary N) is 1. The molecule has 0 saturated carbocycles. The van der Waals surface area contributed by atoms with Crippen molar-refractivity contribution in [1.82, 2.24) is 0 Å². The number of methoxy groups -OCH3 is 1. The van der Waals surface area contributed by atoms with Gasteiger partial charge in [0, 0.05) is 0 Å². The smallest absolute Gasteiger partial charge is 0.348 e. The van der Waals surface area contributed by atoms with Crippen LogP contribution in [0.25, 0.3) is 0 Å². The van der Waals surface area contributed by atoms with Gasteiger partial charge in [0.15, 0.2) is 18.1 Å². The van der Waals surface area contributed by atoms with Gasteiger partial charge in [0.1, 0.15) is 4.88 Å². The minimum absolute atomic E-state index is 0.161. The molecule has 0 spiro atoms. The molecule has 0 aliphatic heterocycles. The fraction of sp³-hybridized carbons (Fsp3) is 0.294. The van der Waals surface area contributed by atoms with Crippen molar-refractivity contribution in [3.63, 3.8) is 0 Å². The maximum Gasteiger partial charge on any atom is 0.348 e. The number of hydrogen-bond acceptors (Lipinski definition) is 6. The molecule has 7 heteroatoms. The van der Waals surface area contributed by atoms with Crippen LogP contribution < -0.4 is 14.8 Å². The quantitative estimate of drug-likeness (QED) is 0.777. The Labute approximate surface area is 144 Å². The number of carbonyl (C=O) groups is 2. The molecular formula is C17H19NO5S. The normalized spacial score (nSPS) is 10.1. The Bertz CT molecular complexity index is 726. The summed E-state index contributed by atoms with van der Waals surface area (Å²) in [5, 5.41) is 3.29. The van der Waals surface area contributed by atoms with Gasteiger partial charge in [0.05, 0.1) is 18.7 Å². The second-order valence-electron chi connectivity index (χ2n) is 4.83. The highest BCUT2D eigenvalue weighted by Gasteiger charge is 2.16. The number of rotatable bonds is 7. The van der Waals surface area contributed by atoms with Crippen LogP contribution in [0.5, 0.6) is 11.5 Å². The fourth-order valence-corrected chi connectivity index (χ4v) is 2.98. The predicted molar refractivity (Wildman–Crippen MR) is 92.1 cm³/mol. The number of hydrogen-bond donors (Lipinski definition) is 1. The van der Waals surface area contributed by atoms with E-state index in [0.29, 0.717) is 28.0 Å². The highest BCUT2D eigenvalue weighted by atomic mass is 32.1. The standard InChI is InChI=1S/C17H19NO5S/c1-4-22-17(20)16-11(2)9-15(24-16)18-14(19)10-23-13-8-6-5-7-12(13)21-3/h5-9H,4,10H2,1-3H3,(H,18,19). The summed E-state index contributed by atoms with van der Waals surface area (Å²) in [6, 6.07) is 8.82. The van der Waals surface area contributed by atoms with Crippen molar-refractivity contribution >= 4 is 28.2 Å². The molecule has 1 heterocycles. The molecular weight excluding hydrogens is 330 g/mol. The molecule has 0 radical (unpaired) electrons. The molecule has 0 unspecified atom stereocenters. The molecule has 1 amide bonds. The van der Waals surface area contributed by atoms with E-state index in [1.54, 1.807) is 38.1 Å². The molecule has 128 valence electrons. The SMILES string of the molecule is CCOC(=O)c1sc(NC(=O)COc2ccccc2OC)cc1C. The van der Waals surface area contributed by atoms with Crippen LogP contribution in [0.2, 0.25) is 0 Å². The van der Waals surface area contributed by atoms with Crippen LogP contribution in [-0.2, 0) is 9.53 Å². The van der Waals surface area contributed by atoms with E-state index in [4.69, 9.17) is 14.2 Å². The Morgan fingerprint density at radius 1 is 1.21 bits per heavy atom. The molecule has 0 aliphatic rings. The van der Waals surface area contributed by atoms with Gasteiger partial charge < -0.3 is 19.5 Å². The fourth-order valence-electron chi connectivity index (χ4n) is 2.00. The number of amides is 1. The first-order valence-corrected chi connectivity index (χ1v) is 8.20. The van der Waals surface area contributed by atoms with Crippen molar-refractivity contribution in [2.45, 2.75) is 13.8 Å². The lowest BCUT2D eigenvalue weighted by molar-refractivity contribution is -0.118. The zero-order chi connectivity index (χ0) is 17.5. The van der Waals surface area contributed by atoms with E-state index in [-0.39, 0.29) is 18.5 Å². The van der Waals surface area contributed by atoms with E-state index in [0.717, 1.165) is 5.56 Å². The van der Waals surface area contributed by atoms with Crippen LogP contribution in [0.15, 0.2) is 30.3 Å². The van der Waals surface area contributed by atoms with Crippen molar-refractivity contribution in [3.05, 3.63) is 40.8 Å². The summed E-state index contributed by atoms with van der Waals surface area (Å²) >= 11 is 1.18. The molecule has 2 rings (SSSR count). The van der Waals surface area contributed by atoms with Gasteiger partial charge in [-0.2, -0.15) is 0 Å². The zero-order valence-electron chi connectivity index (χ0n) is 13.8. The van der Waals surface area contributed by atoms with E-state index in [1.807, 2.05) is 6.07 Å².